The molecular weight excluding hydrogens is 356 g/mol. The maximum atomic E-state index is 12.5. The lowest BCUT2D eigenvalue weighted by Gasteiger charge is -2.12. The Bertz CT molecular complexity index is 1050. The number of rotatable bonds is 6. The fourth-order valence-electron chi connectivity index (χ4n) is 3.25. The third kappa shape index (κ3) is 3.71. The van der Waals surface area contributed by atoms with E-state index in [9.17, 15) is 9.59 Å². The summed E-state index contributed by atoms with van der Waals surface area (Å²) >= 11 is 0. The normalized spacial score (nSPS) is 13.5. The SMILES string of the molecule is Cc1nc2ncnn2c(C)c1CCC(=O)Nc1ccccc1C(=O)NC1CC1. The van der Waals surface area contributed by atoms with Gasteiger partial charge in [0.1, 0.15) is 6.33 Å². The zero-order chi connectivity index (χ0) is 19.7. The zero-order valence-electron chi connectivity index (χ0n) is 15.9. The van der Waals surface area contributed by atoms with Crippen LogP contribution in [0.4, 0.5) is 5.69 Å². The van der Waals surface area contributed by atoms with Crippen LogP contribution >= 0.6 is 0 Å². The van der Waals surface area contributed by atoms with Gasteiger partial charge in [-0.2, -0.15) is 10.1 Å². The molecule has 0 unspecified atom stereocenters. The number of fused-ring (bicyclic) bond motifs is 1. The van der Waals surface area contributed by atoms with E-state index in [1.54, 1.807) is 28.8 Å². The molecule has 1 aromatic carbocycles. The molecule has 1 saturated carbocycles. The molecule has 0 radical (unpaired) electrons. The lowest BCUT2D eigenvalue weighted by atomic mass is 10.1. The Hall–Kier alpha value is -3.29. The van der Waals surface area contributed by atoms with E-state index >= 15 is 0 Å². The summed E-state index contributed by atoms with van der Waals surface area (Å²) in [5.74, 6) is 0.258. The first-order valence-corrected chi connectivity index (χ1v) is 9.38. The standard InChI is InChI=1S/C20H22N6O2/c1-12-15(13(2)26-20(23-12)21-11-22-26)9-10-18(27)25-17-6-4-3-5-16(17)19(28)24-14-7-8-14/h3-6,11,14H,7-10H2,1-2H3,(H,24,28)(H,25,27). The molecule has 1 aliphatic carbocycles. The van der Waals surface area contributed by atoms with E-state index in [4.69, 9.17) is 0 Å². The second-order valence-electron chi connectivity index (χ2n) is 7.07. The number of carbonyl (C=O) groups excluding carboxylic acids is 2. The summed E-state index contributed by atoms with van der Waals surface area (Å²) in [5, 5.41) is 10.0. The molecule has 4 rings (SSSR count). The first-order chi connectivity index (χ1) is 13.5. The van der Waals surface area contributed by atoms with E-state index in [0.29, 0.717) is 23.4 Å². The number of nitrogens with one attached hydrogen (secondary N) is 2. The Balaban J connectivity index is 1.45. The van der Waals surface area contributed by atoms with Gasteiger partial charge in [0, 0.05) is 23.9 Å². The lowest BCUT2D eigenvalue weighted by Crippen LogP contribution is -2.27. The average Bonchev–Trinajstić information content (AvgIpc) is 3.35. The molecule has 2 aromatic heterocycles. The predicted octanol–water partition coefficient (Wildman–Crippen LogP) is 2.20. The Morgan fingerprint density at radius 2 is 2.00 bits per heavy atom. The van der Waals surface area contributed by atoms with Gasteiger partial charge >= 0.3 is 0 Å². The molecule has 8 heteroatoms. The van der Waals surface area contributed by atoms with Crippen molar-refractivity contribution in [3.8, 4) is 0 Å². The van der Waals surface area contributed by atoms with Crippen molar-refractivity contribution in [2.75, 3.05) is 5.32 Å². The van der Waals surface area contributed by atoms with Crippen molar-refractivity contribution in [2.24, 2.45) is 0 Å². The maximum Gasteiger partial charge on any atom is 0.253 e. The van der Waals surface area contributed by atoms with Crippen LogP contribution in [0.5, 0.6) is 0 Å². The summed E-state index contributed by atoms with van der Waals surface area (Å²) in [5.41, 5.74) is 3.77. The molecule has 2 heterocycles. The average molecular weight is 378 g/mol. The monoisotopic (exact) mass is 378 g/mol. The number of amides is 2. The third-order valence-corrected chi connectivity index (χ3v) is 4.95. The molecule has 3 aromatic rings. The highest BCUT2D eigenvalue weighted by Gasteiger charge is 2.25. The molecule has 2 amide bonds. The maximum absolute atomic E-state index is 12.5. The van der Waals surface area contributed by atoms with E-state index in [1.807, 2.05) is 13.8 Å². The molecule has 1 fully saturated rings. The summed E-state index contributed by atoms with van der Waals surface area (Å²) in [6, 6.07) is 7.34. The van der Waals surface area contributed by atoms with Gasteiger partial charge in [0.15, 0.2) is 0 Å². The number of aromatic nitrogens is 4. The highest BCUT2D eigenvalue weighted by Crippen LogP contribution is 2.22. The fourth-order valence-corrected chi connectivity index (χ4v) is 3.25. The molecule has 0 saturated heterocycles. The summed E-state index contributed by atoms with van der Waals surface area (Å²) < 4.78 is 1.68. The van der Waals surface area contributed by atoms with Crippen molar-refractivity contribution in [2.45, 2.75) is 45.6 Å². The second kappa shape index (κ2) is 7.38. The quantitative estimate of drug-likeness (QED) is 0.685. The fraction of sp³-hybridized carbons (Fsp3) is 0.350. The molecule has 8 nitrogen and oxygen atoms in total. The van der Waals surface area contributed by atoms with Gasteiger partial charge in [-0.3, -0.25) is 9.59 Å². The number of benzene rings is 1. The van der Waals surface area contributed by atoms with Gasteiger partial charge in [-0.1, -0.05) is 12.1 Å². The van der Waals surface area contributed by atoms with Crippen LogP contribution in [0.25, 0.3) is 5.78 Å². The summed E-state index contributed by atoms with van der Waals surface area (Å²) in [6.45, 7) is 3.85. The van der Waals surface area contributed by atoms with E-state index in [-0.39, 0.29) is 24.3 Å². The van der Waals surface area contributed by atoms with Crippen LogP contribution in [-0.2, 0) is 11.2 Å². The van der Waals surface area contributed by atoms with Crippen molar-refractivity contribution < 1.29 is 9.59 Å². The molecule has 144 valence electrons. The number of anilines is 1. The van der Waals surface area contributed by atoms with Gasteiger partial charge in [-0.05, 0) is 50.8 Å². The zero-order valence-corrected chi connectivity index (χ0v) is 15.9. The van der Waals surface area contributed by atoms with Crippen molar-refractivity contribution in [1.82, 2.24) is 24.9 Å². The molecule has 0 spiro atoms. The van der Waals surface area contributed by atoms with Gasteiger partial charge in [-0.15, -0.1) is 0 Å². The topological polar surface area (TPSA) is 101 Å². The second-order valence-corrected chi connectivity index (χ2v) is 7.07. The van der Waals surface area contributed by atoms with E-state index in [2.05, 4.69) is 25.7 Å². The van der Waals surface area contributed by atoms with Gasteiger partial charge < -0.3 is 10.6 Å². The first kappa shape index (κ1) is 18.1. The molecule has 1 aliphatic rings. The predicted molar refractivity (Wildman–Crippen MR) is 104 cm³/mol. The Morgan fingerprint density at radius 1 is 1.21 bits per heavy atom. The van der Waals surface area contributed by atoms with Crippen molar-refractivity contribution in [1.29, 1.82) is 0 Å². The highest BCUT2D eigenvalue weighted by molar-refractivity contribution is 6.03. The van der Waals surface area contributed by atoms with Gasteiger partial charge in [-0.25, -0.2) is 9.50 Å². The van der Waals surface area contributed by atoms with Crippen molar-refractivity contribution in [3.63, 3.8) is 0 Å². The number of nitrogens with zero attached hydrogens (tertiary/aromatic N) is 4. The summed E-state index contributed by atoms with van der Waals surface area (Å²) in [4.78, 5) is 33.5. The van der Waals surface area contributed by atoms with Gasteiger partial charge in [0.2, 0.25) is 5.91 Å². The van der Waals surface area contributed by atoms with Crippen molar-refractivity contribution >= 4 is 23.3 Å². The van der Waals surface area contributed by atoms with E-state index < -0.39 is 0 Å². The van der Waals surface area contributed by atoms with Crippen LogP contribution in [0.3, 0.4) is 0 Å². The van der Waals surface area contributed by atoms with Crippen LogP contribution in [0, 0.1) is 13.8 Å². The van der Waals surface area contributed by atoms with E-state index in [1.165, 1.54) is 6.33 Å². The number of aryl methyl sites for hydroxylation is 2. The van der Waals surface area contributed by atoms with Gasteiger partial charge in [0.05, 0.1) is 11.3 Å². The van der Waals surface area contributed by atoms with Crippen LogP contribution in [0.15, 0.2) is 30.6 Å². The molecule has 0 aliphatic heterocycles. The molecule has 0 atom stereocenters. The molecule has 28 heavy (non-hydrogen) atoms. The minimum absolute atomic E-state index is 0.147. The number of hydrogen-bond acceptors (Lipinski definition) is 5. The van der Waals surface area contributed by atoms with Crippen LogP contribution in [0.1, 0.15) is 46.6 Å². The molecular formula is C20H22N6O2. The number of para-hydroxylation sites is 1. The minimum atomic E-state index is -0.149. The Kier molecular flexibility index (Phi) is 4.77. The van der Waals surface area contributed by atoms with Crippen LogP contribution in [-0.4, -0.2) is 37.4 Å². The van der Waals surface area contributed by atoms with Gasteiger partial charge in [0.25, 0.3) is 11.7 Å². The van der Waals surface area contributed by atoms with Crippen molar-refractivity contribution in [3.05, 3.63) is 53.1 Å². The third-order valence-electron chi connectivity index (χ3n) is 4.95. The molecule has 2 N–H and O–H groups in total. The smallest absolute Gasteiger partial charge is 0.253 e. The first-order valence-electron chi connectivity index (χ1n) is 9.38. The van der Waals surface area contributed by atoms with Crippen LogP contribution < -0.4 is 10.6 Å². The van der Waals surface area contributed by atoms with Crippen LogP contribution in [0.2, 0.25) is 0 Å². The Labute approximate surface area is 162 Å². The number of carbonyl (C=O) groups is 2. The summed E-state index contributed by atoms with van der Waals surface area (Å²) in [7, 11) is 0. The Morgan fingerprint density at radius 3 is 2.79 bits per heavy atom. The highest BCUT2D eigenvalue weighted by atomic mass is 16.2. The summed E-state index contributed by atoms with van der Waals surface area (Å²) in [6.07, 6.45) is 4.31. The van der Waals surface area contributed by atoms with E-state index in [0.717, 1.165) is 29.8 Å². The molecule has 0 bridgehead atoms. The minimum Gasteiger partial charge on any atom is -0.349 e. The number of hydrogen-bond donors (Lipinski definition) is 2. The lowest BCUT2D eigenvalue weighted by molar-refractivity contribution is -0.116. The largest absolute Gasteiger partial charge is 0.349 e.